The normalized spacial score (nSPS) is 13.2. The highest BCUT2D eigenvalue weighted by atomic mass is 79.9. The second kappa shape index (κ2) is 10.8. The van der Waals surface area contributed by atoms with Crippen LogP contribution in [0.2, 0.25) is 0 Å². The second-order valence-electron chi connectivity index (χ2n) is 8.88. The molecule has 1 aliphatic rings. The minimum atomic E-state index is -1.12. The number of fused-ring (bicyclic) bond motifs is 3. The van der Waals surface area contributed by atoms with E-state index in [2.05, 4.69) is 68.3 Å². The SMILES string of the molecule is CCC(=O)N(Cc1cccs1)C1(N(Cc2cccs2)C(=O)CC)c2cc(Br)ccc2-c2ccc(Br)cc21. The molecular formula is C29H26Br2N2O2S2. The quantitative estimate of drug-likeness (QED) is 0.179. The molecule has 0 saturated heterocycles. The van der Waals surface area contributed by atoms with Gasteiger partial charge in [0.2, 0.25) is 11.8 Å². The number of benzene rings is 2. The summed E-state index contributed by atoms with van der Waals surface area (Å²) in [5, 5.41) is 4.06. The Balaban J connectivity index is 1.89. The van der Waals surface area contributed by atoms with E-state index in [9.17, 15) is 9.59 Å². The number of nitrogens with zero attached hydrogens (tertiary/aromatic N) is 2. The fourth-order valence-electron chi connectivity index (χ4n) is 5.22. The second-order valence-corrected chi connectivity index (χ2v) is 12.8. The molecule has 0 atom stereocenters. The van der Waals surface area contributed by atoms with Crippen molar-refractivity contribution in [2.75, 3.05) is 0 Å². The molecule has 5 rings (SSSR count). The minimum absolute atomic E-state index is 0.00719. The number of carbonyl (C=O) groups excluding carboxylic acids is 2. The Morgan fingerprint density at radius 3 is 1.51 bits per heavy atom. The number of hydrogen-bond donors (Lipinski definition) is 0. The van der Waals surface area contributed by atoms with E-state index < -0.39 is 5.66 Å². The van der Waals surface area contributed by atoms with Crippen LogP contribution in [0.25, 0.3) is 11.1 Å². The molecule has 0 bridgehead atoms. The molecule has 2 heterocycles. The maximum atomic E-state index is 14.0. The van der Waals surface area contributed by atoms with E-state index in [-0.39, 0.29) is 11.8 Å². The third-order valence-electron chi connectivity index (χ3n) is 6.78. The zero-order valence-corrected chi connectivity index (χ0v) is 25.3. The molecule has 2 aromatic heterocycles. The molecule has 2 amide bonds. The molecule has 8 heteroatoms. The van der Waals surface area contributed by atoms with Crippen LogP contribution in [-0.2, 0) is 28.3 Å². The van der Waals surface area contributed by atoms with Gasteiger partial charge < -0.3 is 9.80 Å². The number of carbonyl (C=O) groups is 2. The predicted octanol–water partition coefficient (Wildman–Crippen LogP) is 8.39. The average Bonchev–Trinajstić information content (AvgIpc) is 3.66. The van der Waals surface area contributed by atoms with Gasteiger partial charge in [0, 0.05) is 42.7 Å². The Morgan fingerprint density at radius 1 is 0.730 bits per heavy atom. The molecule has 0 N–H and O–H groups in total. The first-order valence-corrected chi connectivity index (χ1v) is 15.5. The summed E-state index contributed by atoms with van der Waals surface area (Å²) < 4.78 is 1.81. The number of amides is 2. The Hall–Kier alpha value is -2.26. The number of thiophene rings is 2. The van der Waals surface area contributed by atoms with Gasteiger partial charge >= 0.3 is 0 Å². The largest absolute Gasteiger partial charge is 0.306 e. The smallest absolute Gasteiger partial charge is 0.225 e. The summed E-state index contributed by atoms with van der Waals surface area (Å²) in [6.45, 7) is 4.59. The maximum Gasteiger partial charge on any atom is 0.225 e. The molecule has 2 aromatic carbocycles. The van der Waals surface area contributed by atoms with E-state index in [0.29, 0.717) is 25.9 Å². The van der Waals surface area contributed by atoms with Gasteiger partial charge in [0.05, 0.1) is 13.1 Å². The van der Waals surface area contributed by atoms with E-state index in [1.165, 1.54) is 0 Å². The van der Waals surface area contributed by atoms with E-state index in [1.807, 2.05) is 58.7 Å². The summed E-state index contributed by atoms with van der Waals surface area (Å²) in [5.74, 6) is -0.0144. The van der Waals surface area contributed by atoms with E-state index in [0.717, 1.165) is 41.0 Å². The average molecular weight is 658 g/mol. The molecule has 0 saturated carbocycles. The van der Waals surface area contributed by atoms with Crippen LogP contribution in [0.15, 0.2) is 80.4 Å². The Morgan fingerprint density at radius 2 is 1.16 bits per heavy atom. The van der Waals surface area contributed by atoms with Crippen molar-refractivity contribution in [3.63, 3.8) is 0 Å². The van der Waals surface area contributed by atoms with Gasteiger partial charge in [0.25, 0.3) is 0 Å². The standard InChI is InChI=1S/C29H26Br2N2O2S2/c1-3-27(34)32(17-21-7-5-13-36-21)29(33(28(35)4-2)18-22-8-6-14-37-22)25-15-19(30)9-11-23(25)24-12-10-20(31)16-26(24)29/h5-16H,3-4,17-18H2,1-2H3. The van der Waals surface area contributed by atoms with Crippen molar-refractivity contribution in [1.29, 1.82) is 0 Å². The molecule has 1 aliphatic carbocycles. The summed E-state index contributed by atoms with van der Waals surface area (Å²) in [5.41, 5.74) is 2.82. The summed E-state index contributed by atoms with van der Waals surface area (Å²) >= 11 is 10.6. The van der Waals surface area contributed by atoms with Crippen LogP contribution in [0.5, 0.6) is 0 Å². The van der Waals surface area contributed by atoms with Crippen LogP contribution in [0, 0.1) is 0 Å². The van der Waals surface area contributed by atoms with Gasteiger partial charge in [-0.05, 0) is 58.3 Å². The molecule has 4 aromatic rings. The van der Waals surface area contributed by atoms with E-state index in [4.69, 9.17) is 0 Å². The van der Waals surface area contributed by atoms with Crippen LogP contribution < -0.4 is 0 Å². The Labute approximate surface area is 242 Å². The summed E-state index contributed by atoms with van der Waals surface area (Å²) in [7, 11) is 0. The van der Waals surface area contributed by atoms with Crippen LogP contribution in [0.3, 0.4) is 0 Å². The summed E-state index contributed by atoms with van der Waals surface area (Å²) in [4.78, 5) is 34.0. The number of halogens is 2. The van der Waals surface area contributed by atoms with Crippen molar-refractivity contribution in [3.8, 4) is 11.1 Å². The van der Waals surface area contributed by atoms with Crippen LogP contribution in [0.1, 0.15) is 47.6 Å². The monoisotopic (exact) mass is 656 g/mol. The molecule has 0 unspecified atom stereocenters. The van der Waals surface area contributed by atoms with Gasteiger partial charge in [-0.15, -0.1) is 22.7 Å². The first kappa shape index (κ1) is 26.4. The van der Waals surface area contributed by atoms with Crippen molar-refractivity contribution in [2.45, 2.75) is 45.4 Å². The highest BCUT2D eigenvalue weighted by Crippen LogP contribution is 2.55. The third kappa shape index (κ3) is 4.62. The van der Waals surface area contributed by atoms with Crippen LogP contribution in [-0.4, -0.2) is 21.6 Å². The van der Waals surface area contributed by atoms with Gasteiger partial charge in [-0.3, -0.25) is 9.59 Å². The molecule has 4 nitrogen and oxygen atoms in total. The zero-order valence-electron chi connectivity index (χ0n) is 20.5. The molecule has 0 radical (unpaired) electrons. The van der Waals surface area contributed by atoms with E-state index in [1.54, 1.807) is 22.7 Å². The third-order valence-corrected chi connectivity index (χ3v) is 9.49. The zero-order chi connectivity index (χ0) is 26.2. The molecule has 0 spiro atoms. The lowest BCUT2D eigenvalue weighted by atomic mass is 9.91. The van der Waals surface area contributed by atoms with E-state index >= 15 is 0 Å². The van der Waals surface area contributed by atoms with Crippen LogP contribution in [0.4, 0.5) is 0 Å². The van der Waals surface area contributed by atoms with Crippen molar-refractivity contribution in [1.82, 2.24) is 9.80 Å². The predicted molar refractivity (Wildman–Crippen MR) is 158 cm³/mol. The lowest BCUT2D eigenvalue weighted by molar-refractivity contribution is -0.157. The van der Waals surface area contributed by atoms with Gasteiger partial charge in [-0.25, -0.2) is 0 Å². The lowest BCUT2D eigenvalue weighted by Crippen LogP contribution is -2.60. The Kier molecular flexibility index (Phi) is 7.73. The summed E-state index contributed by atoms with van der Waals surface area (Å²) in [6, 6.07) is 20.5. The fourth-order valence-corrected chi connectivity index (χ4v) is 7.32. The van der Waals surface area contributed by atoms with Gasteiger partial charge in [-0.2, -0.15) is 0 Å². The minimum Gasteiger partial charge on any atom is -0.306 e. The first-order valence-electron chi connectivity index (χ1n) is 12.2. The van der Waals surface area contributed by atoms with Gasteiger partial charge in [-0.1, -0.05) is 70.0 Å². The first-order chi connectivity index (χ1) is 17.9. The molecule has 0 aliphatic heterocycles. The summed E-state index contributed by atoms with van der Waals surface area (Å²) in [6.07, 6.45) is 0.653. The van der Waals surface area contributed by atoms with Crippen LogP contribution >= 0.6 is 54.5 Å². The maximum absolute atomic E-state index is 14.0. The molecule has 0 fully saturated rings. The van der Waals surface area contributed by atoms with Gasteiger partial charge in [0.1, 0.15) is 0 Å². The highest BCUT2D eigenvalue weighted by Gasteiger charge is 2.55. The fraction of sp³-hybridized carbons (Fsp3) is 0.241. The van der Waals surface area contributed by atoms with Crippen molar-refractivity contribution >= 4 is 66.3 Å². The number of rotatable bonds is 8. The lowest BCUT2D eigenvalue weighted by Gasteiger charge is -2.50. The van der Waals surface area contributed by atoms with Crippen molar-refractivity contribution < 1.29 is 9.59 Å². The molecular weight excluding hydrogens is 632 g/mol. The molecule has 37 heavy (non-hydrogen) atoms. The topological polar surface area (TPSA) is 40.6 Å². The Bertz CT molecular complexity index is 1320. The highest BCUT2D eigenvalue weighted by molar-refractivity contribution is 9.10. The van der Waals surface area contributed by atoms with Gasteiger partial charge in [0.15, 0.2) is 5.66 Å². The van der Waals surface area contributed by atoms with Crippen molar-refractivity contribution in [3.05, 3.63) is 101 Å². The number of hydrogen-bond acceptors (Lipinski definition) is 4. The molecule has 190 valence electrons. The van der Waals surface area contributed by atoms with Crippen molar-refractivity contribution in [2.24, 2.45) is 0 Å².